The van der Waals surface area contributed by atoms with E-state index in [9.17, 15) is 14.4 Å². The third-order valence-corrected chi connectivity index (χ3v) is 4.91. The van der Waals surface area contributed by atoms with Crippen LogP contribution >= 0.6 is 15.9 Å². The lowest BCUT2D eigenvalue weighted by Crippen LogP contribution is -2.27. The van der Waals surface area contributed by atoms with E-state index in [1.54, 1.807) is 29.2 Å². The third kappa shape index (κ3) is 4.02. The van der Waals surface area contributed by atoms with Gasteiger partial charge in [0, 0.05) is 28.7 Å². The molecule has 1 aliphatic rings. The molecule has 0 bridgehead atoms. The Kier molecular flexibility index (Phi) is 5.52. The monoisotopic (exact) mass is 415 g/mol. The van der Waals surface area contributed by atoms with Gasteiger partial charge >= 0.3 is 5.97 Å². The fraction of sp³-hybridized carbons (Fsp3) is 0.250. The maximum Gasteiger partial charge on any atom is 0.311 e. The van der Waals surface area contributed by atoms with Gasteiger partial charge in [-0.3, -0.25) is 14.4 Å². The zero-order chi connectivity index (χ0) is 18.7. The van der Waals surface area contributed by atoms with Gasteiger partial charge in [0.25, 0.3) is 0 Å². The topological polar surface area (TPSA) is 63.7 Å². The molecule has 2 aromatic rings. The Bertz CT molecular complexity index is 847. The van der Waals surface area contributed by atoms with Crippen LogP contribution in [0.25, 0.3) is 0 Å². The summed E-state index contributed by atoms with van der Waals surface area (Å²) in [5.74, 6) is -1.45. The molecule has 0 N–H and O–H groups in total. The van der Waals surface area contributed by atoms with Gasteiger partial charge in [-0.05, 0) is 30.7 Å². The van der Waals surface area contributed by atoms with Crippen LogP contribution in [0, 0.1) is 12.8 Å². The summed E-state index contributed by atoms with van der Waals surface area (Å²) in [4.78, 5) is 38.3. The van der Waals surface area contributed by atoms with Crippen LogP contribution in [0.15, 0.2) is 53.0 Å². The molecule has 0 radical (unpaired) electrons. The highest BCUT2D eigenvalue weighted by atomic mass is 79.9. The van der Waals surface area contributed by atoms with Gasteiger partial charge in [0.1, 0.15) is 0 Å². The van der Waals surface area contributed by atoms with E-state index in [0.717, 1.165) is 15.7 Å². The number of nitrogens with zero attached hydrogens (tertiary/aromatic N) is 1. The number of benzene rings is 2. The molecular formula is C20H18BrNO4. The molecule has 26 heavy (non-hydrogen) atoms. The van der Waals surface area contributed by atoms with E-state index >= 15 is 0 Å². The highest BCUT2D eigenvalue weighted by Crippen LogP contribution is 2.28. The summed E-state index contributed by atoms with van der Waals surface area (Å²) >= 11 is 3.30. The Morgan fingerprint density at radius 3 is 2.54 bits per heavy atom. The number of amides is 1. The number of anilines is 1. The molecule has 1 fully saturated rings. The third-order valence-electron chi connectivity index (χ3n) is 4.38. The van der Waals surface area contributed by atoms with Crippen molar-refractivity contribution in [1.29, 1.82) is 0 Å². The molecule has 1 unspecified atom stereocenters. The minimum absolute atomic E-state index is 0.0969. The average molecular weight is 416 g/mol. The molecule has 2 aromatic carbocycles. The maximum absolute atomic E-state index is 12.3. The van der Waals surface area contributed by atoms with Gasteiger partial charge in [-0.1, -0.05) is 46.3 Å². The summed E-state index contributed by atoms with van der Waals surface area (Å²) in [5, 5.41) is 0. The van der Waals surface area contributed by atoms with Crippen LogP contribution in [0.1, 0.15) is 22.3 Å². The van der Waals surface area contributed by atoms with Crippen molar-refractivity contribution in [2.24, 2.45) is 5.92 Å². The minimum atomic E-state index is -0.556. The number of rotatable bonds is 5. The van der Waals surface area contributed by atoms with E-state index in [0.29, 0.717) is 5.56 Å². The second kappa shape index (κ2) is 7.83. The summed E-state index contributed by atoms with van der Waals surface area (Å²) in [6.07, 6.45) is 0.0969. The van der Waals surface area contributed by atoms with Crippen molar-refractivity contribution < 1.29 is 19.1 Å². The first-order valence-corrected chi connectivity index (χ1v) is 9.06. The second-order valence-electron chi connectivity index (χ2n) is 6.23. The van der Waals surface area contributed by atoms with E-state index in [1.807, 2.05) is 31.2 Å². The minimum Gasteiger partial charge on any atom is -0.457 e. The molecule has 1 amide bonds. The SMILES string of the molecule is Cc1ccccc1N1CC(C(=O)OCC(=O)c2ccc(Br)cc2)CC1=O. The molecule has 5 nitrogen and oxygen atoms in total. The largest absolute Gasteiger partial charge is 0.457 e. The van der Waals surface area contributed by atoms with Crippen LogP contribution in [0.5, 0.6) is 0 Å². The number of para-hydroxylation sites is 1. The molecule has 1 atom stereocenters. The zero-order valence-corrected chi connectivity index (χ0v) is 15.9. The number of Topliss-reactive ketones (excluding diaryl/α,β-unsaturated/α-hetero) is 1. The smallest absolute Gasteiger partial charge is 0.311 e. The standard InChI is InChI=1S/C20H18BrNO4/c1-13-4-2-3-5-17(13)22-11-15(10-19(22)24)20(25)26-12-18(23)14-6-8-16(21)9-7-14/h2-9,15H,10-12H2,1H3. The molecule has 6 heteroatoms. The molecule has 134 valence electrons. The average Bonchev–Trinajstić information content (AvgIpc) is 3.02. The second-order valence-corrected chi connectivity index (χ2v) is 7.15. The number of halogens is 1. The van der Waals surface area contributed by atoms with Gasteiger partial charge in [0.2, 0.25) is 5.91 Å². The lowest BCUT2D eigenvalue weighted by Gasteiger charge is -2.18. The van der Waals surface area contributed by atoms with E-state index in [2.05, 4.69) is 15.9 Å². The quantitative estimate of drug-likeness (QED) is 0.553. The Balaban J connectivity index is 1.59. The summed E-state index contributed by atoms with van der Waals surface area (Å²) in [5.41, 5.74) is 2.25. The fourth-order valence-electron chi connectivity index (χ4n) is 2.94. The molecular weight excluding hydrogens is 398 g/mol. The summed E-state index contributed by atoms with van der Waals surface area (Å²) in [6, 6.07) is 14.4. The maximum atomic E-state index is 12.3. The lowest BCUT2D eigenvalue weighted by atomic mass is 10.1. The number of hydrogen-bond donors (Lipinski definition) is 0. The number of esters is 1. The highest BCUT2D eigenvalue weighted by Gasteiger charge is 2.36. The highest BCUT2D eigenvalue weighted by molar-refractivity contribution is 9.10. The van der Waals surface area contributed by atoms with Crippen molar-refractivity contribution in [3.05, 3.63) is 64.1 Å². The van der Waals surface area contributed by atoms with Gasteiger partial charge in [-0.15, -0.1) is 0 Å². The summed E-state index contributed by atoms with van der Waals surface area (Å²) < 4.78 is 6.02. The van der Waals surface area contributed by atoms with E-state index in [-0.39, 0.29) is 31.3 Å². The van der Waals surface area contributed by atoms with Gasteiger partial charge < -0.3 is 9.64 Å². The van der Waals surface area contributed by atoms with E-state index in [1.165, 1.54) is 0 Å². The first-order valence-electron chi connectivity index (χ1n) is 8.27. The predicted octanol–water partition coefficient (Wildman–Crippen LogP) is 3.54. The molecule has 0 saturated carbocycles. The van der Waals surface area contributed by atoms with Crippen molar-refractivity contribution in [2.45, 2.75) is 13.3 Å². The van der Waals surface area contributed by atoms with Crippen molar-refractivity contribution in [3.8, 4) is 0 Å². The Morgan fingerprint density at radius 1 is 1.15 bits per heavy atom. The van der Waals surface area contributed by atoms with Crippen molar-refractivity contribution in [2.75, 3.05) is 18.1 Å². The van der Waals surface area contributed by atoms with Crippen LogP contribution in [-0.2, 0) is 14.3 Å². The molecule has 0 aliphatic carbocycles. The number of aryl methyl sites for hydroxylation is 1. The van der Waals surface area contributed by atoms with E-state index < -0.39 is 11.9 Å². The summed E-state index contributed by atoms with van der Waals surface area (Å²) in [6.45, 7) is 1.87. The number of hydrogen-bond acceptors (Lipinski definition) is 4. The molecule has 0 spiro atoms. The van der Waals surface area contributed by atoms with E-state index in [4.69, 9.17) is 4.74 Å². The van der Waals surface area contributed by atoms with Gasteiger partial charge in [-0.2, -0.15) is 0 Å². The zero-order valence-electron chi connectivity index (χ0n) is 14.3. The Hall–Kier alpha value is -2.47. The molecule has 3 rings (SSSR count). The van der Waals surface area contributed by atoms with Crippen LogP contribution in [0.2, 0.25) is 0 Å². The lowest BCUT2D eigenvalue weighted by molar-refractivity contribution is -0.147. The van der Waals surface area contributed by atoms with Crippen LogP contribution < -0.4 is 4.90 Å². The van der Waals surface area contributed by atoms with Crippen molar-refractivity contribution in [3.63, 3.8) is 0 Å². The predicted molar refractivity (Wildman–Crippen MR) is 101 cm³/mol. The molecule has 1 aliphatic heterocycles. The van der Waals surface area contributed by atoms with Gasteiger partial charge in [-0.25, -0.2) is 0 Å². The number of ether oxygens (including phenoxy) is 1. The van der Waals surface area contributed by atoms with Gasteiger partial charge in [0.05, 0.1) is 5.92 Å². The first-order chi connectivity index (χ1) is 12.5. The van der Waals surface area contributed by atoms with Crippen LogP contribution in [-0.4, -0.2) is 30.8 Å². The fourth-order valence-corrected chi connectivity index (χ4v) is 3.20. The van der Waals surface area contributed by atoms with Crippen molar-refractivity contribution in [1.82, 2.24) is 0 Å². The first kappa shape index (κ1) is 18.3. The van der Waals surface area contributed by atoms with Gasteiger partial charge in [0.15, 0.2) is 12.4 Å². The Morgan fingerprint density at radius 2 is 1.85 bits per heavy atom. The molecule has 1 heterocycles. The molecule has 0 aromatic heterocycles. The molecule has 1 saturated heterocycles. The van der Waals surface area contributed by atoms with Crippen LogP contribution in [0.4, 0.5) is 5.69 Å². The normalized spacial score (nSPS) is 16.6. The van der Waals surface area contributed by atoms with Crippen LogP contribution in [0.3, 0.4) is 0 Å². The van der Waals surface area contributed by atoms with Crippen molar-refractivity contribution >= 4 is 39.3 Å². The Labute approximate surface area is 160 Å². The number of carbonyl (C=O) groups excluding carboxylic acids is 3. The number of carbonyl (C=O) groups is 3. The number of ketones is 1. The summed E-state index contributed by atoms with van der Waals surface area (Å²) in [7, 11) is 0.